The molecule has 3 nitrogen and oxygen atoms in total. The van der Waals surface area contributed by atoms with Crippen LogP contribution in [0.25, 0.3) is 0 Å². The van der Waals surface area contributed by atoms with E-state index in [1.165, 1.54) is 24.1 Å². The molecular formula is C11H18N2O. The first-order valence-electron chi connectivity index (χ1n) is 5.49. The van der Waals surface area contributed by atoms with Crippen molar-refractivity contribution in [3.8, 4) is 0 Å². The van der Waals surface area contributed by atoms with Gasteiger partial charge in [-0.1, -0.05) is 20.3 Å². The number of hydrogen-bond acceptors (Lipinski definition) is 1. The first-order valence-corrected chi connectivity index (χ1v) is 5.49. The summed E-state index contributed by atoms with van der Waals surface area (Å²) in [5.74, 6) is 0.427. The van der Waals surface area contributed by atoms with Gasteiger partial charge in [0.05, 0.1) is 6.04 Å². The van der Waals surface area contributed by atoms with Crippen molar-refractivity contribution in [2.75, 3.05) is 0 Å². The Morgan fingerprint density at radius 1 is 1.36 bits per heavy atom. The van der Waals surface area contributed by atoms with Crippen molar-refractivity contribution in [1.82, 2.24) is 10.6 Å². The second-order valence-electron chi connectivity index (χ2n) is 4.49. The maximum atomic E-state index is 11.4. The maximum absolute atomic E-state index is 11.4. The highest BCUT2D eigenvalue weighted by molar-refractivity contribution is 5.78. The highest BCUT2D eigenvalue weighted by Gasteiger charge is 2.29. The van der Waals surface area contributed by atoms with Crippen LogP contribution in [0, 0.1) is 5.92 Å². The molecule has 0 bridgehead atoms. The van der Waals surface area contributed by atoms with Gasteiger partial charge in [-0.05, 0) is 30.8 Å². The lowest BCUT2D eigenvalue weighted by Gasteiger charge is -2.34. The molecule has 0 unspecified atom stereocenters. The molecule has 2 rings (SSSR count). The molecule has 0 saturated heterocycles. The van der Waals surface area contributed by atoms with E-state index in [-0.39, 0.29) is 6.03 Å². The van der Waals surface area contributed by atoms with Gasteiger partial charge in [0.15, 0.2) is 0 Å². The van der Waals surface area contributed by atoms with Crippen molar-refractivity contribution >= 4 is 6.03 Å². The Bertz CT molecular complexity index is 281. The quantitative estimate of drug-likeness (QED) is 0.659. The lowest BCUT2D eigenvalue weighted by molar-refractivity contribution is 0.234. The SMILES string of the molecule is CC(C)C1=C2CCCC[C@@H]2NC(=O)N1. The number of rotatable bonds is 1. The van der Waals surface area contributed by atoms with E-state index in [0.29, 0.717) is 12.0 Å². The Labute approximate surface area is 84.9 Å². The van der Waals surface area contributed by atoms with Crippen molar-refractivity contribution in [1.29, 1.82) is 0 Å². The Kier molecular flexibility index (Phi) is 2.48. The topological polar surface area (TPSA) is 41.1 Å². The summed E-state index contributed by atoms with van der Waals surface area (Å²) in [5, 5.41) is 5.94. The van der Waals surface area contributed by atoms with Gasteiger partial charge in [-0.25, -0.2) is 4.79 Å². The van der Waals surface area contributed by atoms with Crippen LogP contribution in [0.2, 0.25) is 0 Å². The third-order valence-electron chi connectivity index (χ3n) is 3.09. The van der Waals surface area contributed by atoms with Crippen LogP contribution in [-0.2, 0) is 0 Å². The highest BCUT2D eigenvalue weighted by Crippen LogP contribution is 2.30. The largest absolute Gasteiger partial charge is 0.331 e. The third-order valence-corrected chi connectivity index (χ3v) is 3.09. The molecule has 1 heterocycles. The van der Waals surface area contributed by atoms with Crippen LogP contribution in [0.3, 0.4) is 0 Å². The number of fused-ring (bicyclic) bond motifs is 1. The van der Waals surface area contributed by atoms with Crippen molar-refractivity contribution in [2.24, 2.45) is 5.92 Å². The van der Waals surface area contributed by atoms with E-state index in [1.807, 2.05) is 0 Å². The van der Waals surface area contributed by atoms with Crippen molar-refractivity contribution in [2.45, 2.75) is 45.6 Å². The van der Waals surface area contributed by atoms with Crippen LogP contribution in [0.1, 0.15) is 39.5 Å². The van der Waals surface area contributed by atoms with E-state index < -0.39 is 0 Å². The van der Waals surface area contributed by atoms with Crippen LogP contribution in [0.15, 0.2) is 11.3 Å². The number of urea groups is 1. The molecule has 1 atom stereocenters. The molecule has 14 heavy (non-hydrogen) atoms. The molecule has 2 amide bonds. The molecule has 0 aromatic carbocycles. The van der Waals surface area contributed by atoms with Crippen molar-refractivity contribution in [3.63, 3.8) is 0 Å². The number of carbonyl (C=O) groups excluding carboxylic acids is 1. The molecule has 0 aromatic rings. The minimum absolute atomic E-state index is 0.0237. The van der Waals surface area contributed by atoms with Gasteiger partial charge in [-0.3, -0.25) is 0 Å². The van der Waals surface area contributed by atoms with Gasteiger partial charge in [0.2, 0.25) is 0 Å². The minimum Gasteiger partial charge on any atom is -0.331 e. The number of carbonyl (C=O) groups is 1. The Balaban J connectivity index is 2.30. The summed E-state index contributed by atoms with van der Waals surface area (Å²) in [5.41, 5.74) is 2.60. The van der Waals surface area contributed by atoms with Gasteiger partial charge < -0.3 is 10.6 Å². The van der Waals surface area contributed by atoms with E-state index in [9.17, 15) is 4.79 Å². The average molecular weight is 194 g/mol. The first kappa shape index (κ1) is 9.56. The lowest BCUT2D eigenvalue weighted by Crippen LogP contribution is -2.50. The summed E-state index contributed by atoms with van der Waals surface area (Å²) in [7, 11) is 0. The second-order valence-corrected chi connectivity index (χ2v) is 4.49. The summed E-state index contributed by atoms with van der Waals surface area (Å²) >= 11 is 0. The highest BCUT2D eigenvalue weighted by atomic mass is 16.2. The summed E-state index contributed by atoms with van der Waals surface area (Å²) in [6.07, 6.45) is 4.75. The molecule has 1 fully saturated rings. The molecule has 2 N–H and O–H groups in total. The van der Waals surface area contributed by atoms with Crippen LogP contribution in [0.4, 0.5) is 4.79 Å². The van der Waals surface area contributed by atoms with Crippen LogP contribution in [0.5, 0.6) is 0 Å². The average Bonchev–Trinajstić information content (AvgIpc) is 2.16. The van der Waals surface area contributed by atoms with E-state index in [2.05, 4.69) is 24.5 Å². The molecular weight excluding hydrogens is 176 g/mol. The van der Waals surface area contributed by atoms with Crippen LogP contribution in [-0.4, -0.2) is 12.1 Å². The fraction of sp³-hybridized carbons (Fsp3) is 0.727. The molecule has 3 heteroatoms. The zero-order valence-electron chi connectivity index (χ0n) is 8.89. The molecule has 0 spiro atoms. The summed E-state index contributed by atoms with van der Waals surface area (Å²) in [6.45, 7) is 4.28. The van der Waals surface area contributed by atoms with Gasteiger partial charge in [-0.15, -0.1) is 0 Å². The molecule has 0 radical (unpaired) electrons. The smallest absolute Gasteiger partial charge is 0.319 e. The predicted octanol–water partition coefficient (Wildman–Crippen LogP) is 2.15. The monoisotopic (exact) mass is 194 g/mol. The molecule has 1 aliphatic carbocycles. The minimum atomic E-state index is -0.0237. The maximum Gasteiger partial charge on any atom is 0.319 e. The van der Waals surface area contributed by atoms with Gasteiger partial charge in [0.1, 0.15) is 0 Å². The summed E-state index contributed by atoms with van der Waals surface area (Å²) in [6, 6.07) is 0.291. The van der Waals surface area contributed by atoms with Crippen LogP contribution >= 0.6 is 0 Å². The fourth-order valence-corrected chi connectivity index (χ4v) is 2.41. The zero-order valence-corrected chi connectivity index (χ0v) is 8.89. The van der Waals surface area contributed by atoms with Gasteiger partial charge in [0, 0.05) is 5.70 Å². The Morgan fingerprint density at radius 2 is 2.14 bits per heavy atom. The standard InChI is InChI=1S/C11H18N2O/c1-7(2)10-8-5-3-4-6-9(8)12-11(14)13-10/h7,9H,3-6H2,1-2H3,(H2,12,13,14)/t9-/m0/s1. The number of hydrogen-bond donors (Lipinski definition) is 2. The van der Waals surface area contributed by atoms with E-state index in [4.69, 9.17) is 0 Å². The second kappa shape index (κ2) is 3.64. The van der Waals surface area contributed by atoms with E-state index in [0.717, 1.165) is 12.8 Å². The zero-order chi connectivity index (χ0) is 10.1. The van der Waals surface area contributed by atoms with Gasteiger partial charge >= 0.3 is 6.03 Å². The van der Waals surface area contributed by atoms with Gasteiger partial charge in [-0.2, -0.15) is 0 Å². The Morgan fingerprint density at radius 3 is 2.86 bits per heavy atom. The fourth-order valence-electron chi connectivity index (χ4n) is 2.41. The van der Waals surface area contributed by atoms with Crippen molar-refractivity contribution in [3.05, 3.63) is 11.3 Å². The molecule has 1 aliphatic heterocycles. The summed E-state index contributed by atoms with van der Waals surface area (Å²) < 4.78 is 0. The van der Waals surface area contributed by atoms with Crippen LogP contribution < -0.4 is 10.6 Å². The Hall–Kier alpha value is -0.990. The normalized spacial score (nSPS) is 27.1. The van der Waals surface area contributed by atoms with E-state index >= 15 is 0 Å². The summed E-state index contributed by atoms with van der Waals surface area (Å²) in [4.78, 5) is 11.4. The number of amides is 2. The van der Waals surface area contributed by atoms with E-state index in [1.54, 1.807) is 0 Å². The number of allylic oxidation sites excluding steroid dienone is 1. The molecule has 0 aromatic heterocycles. The lowest BCUT2D eigenvalue weighted by atomic mass is 9.85. The first-order chi connectivity index (χ1) is 6.68. The van der Waals surface area contributed by atoms with Gasteiger partial charge in [0.25, 0.3) is 0 Å². The van der Waals surface area contributed by atoms with Crippen molar-refractivity contribution < 1.29 is 4.79 Å². The molecule has 1 saturated carbocycles. The number of nitrogens with one attached hydrogen (secondary N) is 2. The third kappa shape index (κ3) is 1.63. The molecule has 78 valence electrons. The molecule has 2 aliphatic rings. The predicted molar refractivity (Wildman–Crippen MR) is 55.8 cm³/mol.